The average molecular weight is 191 g/mol. The highest BCUT2D eigenvalue weighted by atomic mass is 16.5. The van der Waals surface area contributed by atoms with Gasteiger partial charge in [-0.05, 0) is 24.5 Å². The van der Waals surface area contributed by atoms with Crippen LogP contribution in [0.4, 0.5) is 0 Å². The quantitative estimate of drug-likeness (QED) is 0.769. The van der Waals surface area contributed by atoms with Crippen LogP contribution in [0, 0.1) is 6.92 Å². The van der Waals surface area contributed by atoms with Crippen LogP contribution in [0.1, 0.15) is 22.4 Å². The number of pyridine rings is 1. The van der Waals surface area contributed by atoms with E-state index in [1.165, 1.54) is 5.56 Å². The number of allylic oxidation sites excluding steroid dienone is 1. The molecule has 0 atom stereocenters. The highest BCUT2D eigenvalue weighted by Gasteiger charge is 2.17. The van der Waals surface area contributed by atoms with Gasteiger partial charge in [-0.3, -0.25) is 0 Å². The molecule has 0 radical (unpaired) electrons. The summed E-state index contributed by atoms with van der Waals surface area (Å²) in [5.41, 5.74) is 4.06. The maximum atomic E-state index is 9.25. The predicted octanol–water partition coefficient (Wildman–Crippen LogP) is 1.46. The van der Waals surface area contributed by atoms with Gasteiger partial charge in [-0.1, -0.05) is 12.2 Å². The fourth-order valence-electron chi connectivity index (χ4n) is 1.85. The van der Waals surface area contributed by atoms with E-state index in [1.807, 2.05) is 13.0 Å². The lowest BCUT2D eigenvalue weighted by molar-refractivity contribution is 0.271. The topological polar surface area (TPSA) is 42.4 Å². The lowest BCUT2D eigenvalue weighted by Crippen LogP contribution is -2.03. The molecule has 3 nitrogen and oxygen atoms in total. The van der Waals surface area contributed by atoms with Crippen LogP contribution >= 0.6 is 0 Å². The molecule has 0 amide bonds. The summed E-state index contributed by atoms with van der Waals surface area (Å²) in [7, 11) is 1.58. The van der Waals surface area contributed by atoms with Gasteiger partial charge in [0.15, 0.2) is 0 Å². The number of aryl methyl sites for hydroxylation is 1. The van der Waals surface area contributed by atoms with Gasteiger partial charge in [-0.2, -0.15) is 0 Å². The molecule has 0 aromatic carbocycles. The first-order valence-corrected chi connectivity index (χ1v) is 4.61. The van der Waals surface area contributed by atoms with Gasteiger partial charge in [0.05, 0.1) is 13.7 Å². The van der Waals surface area contributed by atoms with E-state index in [-0.39, 0.29) is 6.61 Å². The van der Waals surface area contributed by atoms with Crippen LogP contribution in [-0.2, 0) is 13.0 Å². The molecule has 14 heavy (non-hydrogen) atoms. The Morgan fingerprint density at radius 2 is 2.36 bits per heavy atom. The second-order valence-electron chi connectivity index (χ2n) is 3.34. The number of hydrogen-bond acceptors (Lipinski definition) is 3. The van der Waals surface area contributed by atoms with Crippen molar-refractivity contribution in [2.45, 2.75) is 20.0 Å². The Bertz CT molecular complexity index is 397. The zero-order chi connectivity index (χ0) is 10.1. The Morgan fingerprint density at radius 3 is 3.00 bits per heavy atom. The number of methoxy groups -OCH3 is 1. The molecule has 1 heterocycles. The van der Waals surface area contributed by atoms with Crippen molar-refractivity contribution in [2.75, 3.05) is 7.11 Å². The van der Waals surface area contributed by atoms with Gasteiger partial charge in [-0.15, -0.1) is 0 Å². The third kappa shape index (κ3) is 1.21. The van der Waals surface area contributed by atoms with E-state index < -0.39 is 0 Å². The van der Waals surface area contributed by atoms with Crippen molar-refractivity contribution in [1.29, 1.82) is 0 Å². The third-order valence-corrected chi connectivity index (χ3v) is 2.57. The van der Waals surface area contributed by atoms with Crippen LogP contribution in [0.25, 0.3) is 6.08 Å². The molecule has 0 aliphatic heterocycles. The van der Waals surface area contributed by atoms with Crippen molar-refractivity contribution in [3.63, 3.8) is 0 Å². The number of rotatable bonds is 2. The predicted molar refractivity (Wildman–Crippen MR) is 54.2 cm³/mol. The first kappa shape index (κ1) is 9.21. The van der Waals surface area contributed by atoms with Gasteiger partial charge in [0.25, 0.3) is 0 Å². The molecule has 2 rings (SSSR count). The van der Waals surface area contributed by atoms with Gasteiger partial charge in [0.2, 0.25) is 5.88 Å². The van der Waals surface area contributed by atoms with E-state index in [2.05, 4.69) is 11.1 Å². The molecule has 1 aliphatic carbocycles. The van der Waals surface area contributed by atoms with E-state index in [1.54, 1.807) is 7.11 Å². The molecule has 0 saturated carbocycles. The molecule has 74 valence electrons. The Balaban J connectivity index is 2.66. The SMILES string of the molecule is COc1nc(C)c2c(c1CO)C=CC2. The van der Waals surface area contributed by atoms with Gasteiger partial charge in [-0.25, -0.2) is 4.98 Å². The Morgan fingerprint density at radius 1 is 1.57 bits per heavy atom. The highest BCUT2D eigenvalue weighted by Crippen LogP contribution is 2.30. The molecule has 1 aromatic heterocycles. The minimum atomic E-state index is -0.0247. The number of fused-ring (bicyclic) bond motifs is 1. The average Bonchev–Trinajstić information content (AvgIpc) is 2.66. The monoisotopic (exact) mass is 191 g/mol. The number of nitrogens with zero attached hydrogens (tertiary/aromatic N) is 1. The molecule has 0 saturated heterocycles. The smallest absolute Gasteiger partial charge is 0.219 e. The summed E-state index contributed by atoms with van der Waals surface area (Å²) in [6.07, 6.45) is 5.02. The second-order valence-corrected chi connectivity index (χ2v) is 3.34. The summed E-state index contributed by atoms with van der Waals surface area (Å²) in [6, 6.07) is 0. The Kier molecular flexibility index (Phi) is 2.25. The molecule has 0 unspecified atom stereocenters. The Hall–Kier alpha value is -1.35. The fourth-order valence-corrected chi connectivity index (χ4v) is 1.85. The molecule has 0 fully saturated rings. The summed E-state index contributed by atoms with van der Waals surface area (Å²) < 4.78 is 5.14. The standard InChI is InChI=1S/C11H13NO2/c1-7-8-4-3-5-9(8)10(6-13)11(12-7)14-2/h3,5,13H,4,6H2,1-2H3. The van der Waals surface area contributed by atoms with E-state index in [0.717, 1.165) is 23.2 Å². The van der Waals surface area contributed by atoms with Crippen LogP contribution in [0.3, 0.4) is 0 Å². The largest absolute Gasteiger partial charge is 0.481 e. The van der Waals surface area contributed by atoms with Crippen molar-refractivity contribution in [1.82, 2.24) is 4.98 Å². The van der Waals surface area contributed by atoms with Crippen LogP contribution in [0.5, 0.6) is 5.88 Å². The van der Waals surface area contributed by atoms with Gasteiger partial charge >= 0.3 is 0 Å². The third-order valence-electron chi connectivity index (χ3n) is 2.57. The van der Waals surface area contributed by atoms with Gasteiger partial charge < -0.3 is 9.84 Å². The van der Waals surface area contributed by atoms with Gasteiger partial charge in [0.1, 0.15) is 0 Å². The highest BCUT2D eigenvalue weighted by molar-refractivity contribution is 5.66. The second kappa shape index (κ2) is 3.42. The summed E-state index contributed by atoms with van der Waals surface area (Å²) >= 11 is 0. The van der Waals surface area contributed by atoms with Gasteiger partial charge in [0, 0.05) is 11.3 Å². The van der Waals surface area contributed by atoms with Crippen molar-refractivity contribution in [3.05, 3.63) is 28.5 Å². The number of aliphatic hydroxyl groups excluding tert-OH is 1. The first-order chi connectivity index (χ1) is 6.77. The van der Waals surface area contributed by atoms with Crippen LogP contribution in [0.15, 0.2) is 6.08 Å². The maximum Gasteiger partial charge on any atom is 0.219 e. The number of hydrogen-bond donors (Lipinski definition) is 1. The zero-order valence-corrected chi connectivity index (χ0v) is 8.37. The van der Waals surface area contributed by atoms with E-state index >= 15 is 0 Å². The molecular weight excluding hydrogens is 178 g/mol. The van der Waals surface area contributed by atoms with Crippen LogP contribution < -0.4 is 4.74 Å². The minimum absolute atomic E-state index is 0.0247. The molecule has 0 spiro atoms. The number of aromatic nitrogens is 1. The summed E-state index contributed by atoms with van der Waals surface area (Å²) in [6.45, 7) is 1.94. The molecule has 3 heteroatoms. The summed E-state index contributed by atoms with van der Waals surface area (Å²) in [5.74, 6) is 0.537. The van der Waals surface area contributed by atoms with E-state index in [4.69, 9.17) is 4.74 Å². The number of aliphatic hydroxyl groups is 1. The normalized spacial score (nSPS) is 13.1. The van der Waals surface area contributed by atoms with Crippen molar-refractivity contribution in [2.24, 2.45) is 0 Å². The van der Waals surface area contributed by atoms with Crippen LogP contribution in [-0.4, -0.2) is 17.2 Å². The Labute approximate surface area is 83.1 Å². The molecular formula is C11H13NO2. The lowest BCUT2D eigenvalue weighted by Gasteiger charge is -2.12. The first-order valence-electron chi connectivity index (χ1n) is 4.61. The minimum Gasteiger partial charge on any atom is -0.481 e. The molecule has 0 bridgehead atoms. The number of ether oxygens (including phenoxy) is 1. The fraction of sp³-hybridized carbons (Fsp3) is 0.364. The van der Waals surface area contributed by atoms with Crippen molar-refractivity contribution >= 4 is 6.08 Å². The zero-order valence-electron chi connectivity index (χ0n) is 8.37. The lowest BCUT2D eigenvalue weighted by atomic mass is 10.0. The molecule has 1 N–H and O–H groups in total. The summed E-state index contributed by atoms with van der Waals surface area (Å²) in [5, 5.41) is 9.25. The molecule has 1 aromatic rings. The van der Waals surface area contributed by atoms with Crippen molar-refractivity contribution < 1.29 is 9.84 Å². The van der Waals surface area contributed by atoms with E-state index in [9.17, 15) is 5.11 Å². The maximum absolute atomic E-state index is 9.25. The molecule has 1 aliphatic rings. The van der Waals surface area contributed by atoms with Crippen LogP contribution in [0.2, 0.25) is 0 Å². The summed E-state index contributed by atoms with van der Waals surface area (Å²) in [4.78, 5) is 4.31. The van der Waals surface area contributed by atoms with E-state index in [0.29, 0.717) is 5.88 Å². The van der Waals surface area contributed by atoms with Crippen molar-refractivity contribution in [3.8, 4) is 5.88 Å².